The highest BCUT2D eigenvalue weighted by atomic mass is 32.2. The molecule has 0 amide bonds. The molecular formula is C11H19N3S. The summed E-state index contributed by atoms with van der Waals surface area (Å²) in [4.78, 5) is 8.59. The Bertz CT molecular complexity index is 272. The Labute approximate surface area is 96.1 Å². The van der Waals surface area contributed by atoms with Crippen molar-refractivity contribution in [1.29, 1.82) is 0 Å². The van der Waals surface area contributed by atoms with Crippen molar-refractivity contribution >= 4 is 11.8 Å². The van der Waals surface area contributed by atoms with Crippen molar-refractivity contribution in [1.82, 2.24) is 15.3 Å². The molecule has 0 aliphatic carbocycles. The lowest BCUT2D eigenvalue weighted by Crippen LogP contribution is -2.19. The van der Waals surface area contributed by atoms with Gasteiger partial charge in [0.1, 0.15) is 5.82 Å². The number of nitrogens with zero attached hydrogens (tertiary/aromatic N) is 2. The topological polar surface area (TPSA) is 37.8 Å². The number of aromatic nitrogens is 2. The highest BCUT2D eigenvalue weighted by Gasteiger charge is 1.98. The quantitative estimate of drug-likeness (QED) is 0.804. The third-order valence-electron chi connectivity index (χ3n) is 1.91. The zero-order valence-corrected chi connectivity index (χ0v) is 10.5. The molecule has 1 aromatic heterocycles. The molecule has 0 spiro atoms. The lowest BCUT2D eigenvalue weighted by Gasteiger charge is -2.07. The Hall–Kier alpha value is -0.610. The van der Waals surface area contributed by atoms with E-state index >= 15 is 0 Å². The molecule has 15 heavy (non-hydrogen) atoms. The van der Waals surface area contributed by atoms with Gasteiger partial charge in [0.2, 0.25) is 0 Å². The van der Waals surface area contributed by atoms with Crippen molar-refractivity contribution in [2.75, 3.05) is 12.8 Å². The Morgan fingerprint density at radius 3 is 2.53 bits per heavy atom. The lowest BCUT2D eigenvalue weighted by molar-refractivity contribution is 0.551. The van der Waals surface area contributed by atoms with Crippen LogP contribution in [0.2, 0.25) is 0 Å². The second-order valence-electron chi connectivity index (χ2n) is 3.97. The van der Waals surface area contributed by atoms with E-state index < -0.39 is 0 Å². The maximum absolute atomic E-state index is 4.29. The molecule has 0 atom stereocenters. The van der Waals surface area contributed by atoms with E-state index in [9.17, 15) is 0 Å². The van der Waals surface area contributed by atoms with Crippen LogP contribution in [0.25, 0.3) is 0 Å². The number of hydrogen-bond acceptors (Lipinski definition) is 4. The van der Waals surface area contributed by atoms with Gasteiger partial charge in [-0.05, 0) is 18.7 Å². The summed E-state index contributed by atoms with van der Waals surface area (Å²) in [6.45, 7) is 6.29. The summed E-state index contributed by atoms with van der Waals surface area (Å²) < 4.78 is 0. The molecule has 3 nitrogen and oxygen atoms in total. The molecule has 0 aromatic carbocycles. The van der Waals surface area contributed by atoms with Crippen molar-refractivity contribution in [3.63, 3.8) is 0 Å². The molecule has 1 heterocycles. The fraction of sp³-hybridized carbons (Fsp3) is 0.636. The molecule has 1 rings (SSSR count). The van der Waals surface area contributed by atoms with Crippen LogP contribution in [0.1, 0.15) is 25.2 Å². The van der Waals surface area contributed by atoms with E-state index in [0.29, 0.717) is 5.92 Å². The van der Waals surface area contributed by atoms with E-state index in [1.54, 1.807) is 11.8 Å². The molecule has 84 valence electrons. The third-order valence-corrected chi connectivity index (χ3v) is 2.46. The SMILES string of the molecule is CSCc1ncc(CNCC(C)C)cn1. The summed E-state index contributed by atoms with van der Waals surface area (Å²) in [6, 6.07) is 0. The fourth-order valence-corrected chi connectivity index (χ4v) is 1.59. The lowest BCUT2D eigenvalue weighted by atomic mass is 10.2. The third kappa shape index (κ3) is 5.14. The van der Waals surface area contributed by atoms with Crippen LogP contribution in [0.15, 0.2) is 12.4 Å². The predicted octanol–water partition coefficient (Wildman–Crippen LogP) is 2.09. The highest BCUT2D eigenvalue weighted by Crippen LogP contribution is 2.03. The van der Waals surface area contributed by atoms with E-state index in [4.69, 9.17) is 0 Å². The smallest absolute Gasteiger partial charge is 0.138 e. The summed E-state index contributed by atoms with van der Waals surface area (Å²) in [5.41, 5.74) is 1.15. The molecule has 0 aliphatic rings. The first kappa shape index (κ1) is 12.5. The van der Waals surface area contributed by atoms with E-state index in [0.717, 1.165) is 30.2 Å². The Morgan fingerprint density at radius 2 is 2.00 bits per heavy atom. The number of rotatable bonds is 6. The molecule has 1 N–H and O–H groups in total. The van der Waals surface area contributed by atoms with Gasteiger partial charge < -0.3 is 5.32 Å². The fourth-order valence-electron chi connectivity index (χ4n) is 1.18. The second-order valence-corrected chi connectivity index (χ2v) is 4.83. The van der Waals surface area contributed by atoms with Crippen LogP contribution in [-0.2, 0) is 12.3 Å². The van der Waals surface area contributed by atoms with Crippen LogP contribution in [0.4, 0.5) is 0 Å². The molecule has 0 saturated heterocycles. The van der Waals surface area contributed by atoms with Gasteiger partial charge in [-0.2, -0.15) is 11.8 Å². The number of thioether (sulfide) groups is 1. The molecule has 0 bridgehead atoms. The molecule has 0 saturated carbocycles. The van der Waals surface area contributed by atoms with Crippen LogP contribution in [-0.4, -0.2) is 22.8 Å². The van der Waals surface area contributed by atoms with Crippen LogP contribution in [0, 0.1) is 5.92 Å². The van der Waals surface area contributed by atoms with Gasteiger partial charge in [-0.1, -0.05) is 13.8 Å². The summed E-state index contributed by atoms with van der Waals surface area (Å²) in [5, 5.41) is 3.37. The van der Waals surface area contributed by atoms with Gasteiger partial charge >= 0.3 is 0 Å². The highest BCUT2D eigenvalue weighted by molar-refractivity contribution is 7.97. The normalized spacial score (nSPS) is 10.9. The first-order valence-corrected chi connectivity index (χ1v) is 6.61. The van der Waals surface area contributed by atoms with Crippen molar-refractivity contribution in [3.05, 3.63) is 23.8 Å². The van der Waals surface area contributed by atoms with E-state index in [1.807, 2.05) is 12.4 Å². The average Bonchev–Trinajstić information content (AvgIpc) is 2.20. The minimum Gasteiger partial charge on any atom is -0.312 e. The van der Waals surface area contributed by atoms with Crippen LogP contribution in [0.5, 0.6) is 0 Å². The monoisotopic (exact) mass is 225 g/mol. The summed E-state index contributed by atoms with van der Waals surface area (Å²) in [5.74, 6) is 2.48. The molecule has 0 radical (unpaired) electrons. The van der Waals surface area contributed by atoms with Crippen molar-refractivity contribution in [3.8, 4) is 0 Å². The first-order valence-electron chi connectivity index (χ1n) is 5.22. The zero-order chi connectivity index (χ0) is 11.1. The predicted molar refractivity (Wildman–Crippen MR) is 65.8 cm³/mol. The molecule has 0 unspecified atom stereocenters. The van der Waals surface area contributed by atoms with Gasteiger partial charge in [-0.3, -0.25) is 0 Å². The Kier molecular flexibility index (Phi) is 5.65. The van der Waals surface area contributed by atoms with Crippen LogP contribution in [0.3, 0.4) is 0 Å². The number of nitrogens with one attached hydrogen (secondary N) is 1. The molecule has 1 aromatic rings. The molecule has 0 aliphatic heterocycles. The van der Waals surface area contributed by atoms with Crippen LogP contribution >= 0.6 is 11.8 Å². The Balaban J connectivity index is 2.36. The largest absolute Gasteiger partial charge is 0.312 e. The van der Waals surface area contributed by atoms with E-state index in [2.05, 4.69) is 35.4 Å². The second kappa shape index (κ2) is 6.80. The Morgan fingerprint density at radius 1 is 1.33 bits per heavy atom. The summed E-state index contributed by atoms with van der Waals surface area (Å²) in [6.07, 6.45) is 5.87. The first-order chi connectivity index (χ1) is 7.22. The maximum atomic E-state index is 4.29. The minimum absolute atomic E-state index is 0.682. The van der Waals surface area contributed by atoms with Crippen LogP contribution < -0.4 is 5.32 Å². The van der Waals surface area contributed by atoms with Gasteiger partial charge in [0, 0.05) is 24.5 Å². The van der Waals surface area contributed by atoms with Gasteiger partial charge in [0.15, 0.2) is 0 Å². The molecular weight excluding hydrogens is 206 g/mol. The zero-order valence-electron chi connectivity index (χ0n) is 9.66. The number of hydrogen-bond donors (Lipinski definition) is 1. The van der Waals surface area contributed by atoms with E-state index in [-0.39, 0.29) is 0 Å². The van der Waals surface area contributed by atoms with E-state index in [1.165, 1.54) is 0 Å². The molecule has 0 fully saturated rings. The average molecular weight is 225 g/mol. The molecule has 4 heteroatoms. The van der Waals surface area contributed by atoms with Gasteiger partial charge in [-0.15, -0.1) is 0 Å². The van der Waals surface area contributed by atoms with Gasteiger partial charge in [0.25, 0.3) is 0 Å². The maximum Gasteiger partial charge on any atom is 0.138 e. The van der Waals surface area contributed by atoms with Crippen molar-refractivity contribution in [2.45, 2.75) is 26.1 Å². The van der Waals surface area contributed by atoms with Crippen molar-refractivity contribution < 1.29 is 0 Å². The summed E-state index contributed by atoms with van der Waals surface area (Å²) in [7, 11) is 0. The minimum atomic E-state index is 0.682. The van der Waals surface area contributed by atoms with Gasteiger partial charge in [-0.25, -0.2) is 9.97 Å². The van der Waals surface area contributed by atoms with Crippen molar-refractivity contribution in [2.24, 2.45) is 5.92 Å². The summed E-state index contributed by atoms with van der Waals surface area (Å²) >= 11 is 1.74. The standard InChI is InChI=1S/C11H19N3S/c1-9(2)4-12-5-10-6-13-11(8-15-3)14-7-10/h6-7,9,12H,4-5,8H2,1-3H3. The van der Waals surface area contributed by atoms with Gasteiger partial charge in [0.05, 0.1) is 5.75 Å².